The monoisotopic (exact) mass is 410 g/mol. The Balaban J connectivity index is 2.23. The van der Waals surface area contributed by atoms with E-state index in [9.17, 15) is 14.7 Å². The maximum absolute atomic E-state index is 13.0. The second kappa shape index (κ2) is 9.00. The molecule has 0 spiro atoms. The number of likely N-dealkylation sites (tertiary alicyclic amines) is 1. The van der Waals surface area contributed by atoms with Crippen molar-refractivity contribution in [3.05, 3.63) is 65.2 Å². The third-order valence-corrected chi connectivity index (χ3v) is 5.10. The number of likely N-dealkylation sites (N-methyl/N-ethyl adjacent to an activating group) is 1. The van der Waals surface area contributed by atoms with Crippen LogP contribution in [-0.4, -0.2) is 68.0 Å². The Morgan fingerprint density at radius 1 is 1.03 bits per heavy atom. The van der Waals surface area contributed by atoms with Crippen LogP contribution in [0.15, 0.2) is 54.1 Å². The van der Waals surface area contributed by atoms with Crippen LogP contribution in [0.1, 0.15) is 17.2 Å². The summed E-state index contributed by atoms with van der Waals surface area (Å²) in [5.41, 5.74) is 1.08. The number of carbonyl (C=O) groups is 2. The number of ketones is 1. The Bertz CT molecular complexity index is 969. The molecule has 3 rings (SSSR count). The number of nitrogens with zero attached hydrogens (tertiary/aromatic N) is 2. The van der Waals surface area contributed by atoms with Gasteiger partial charge >= 0.3 is 0 Å². The van der Waals surface area contributed by atoms with Gasteiger partial charge in [-0.15, -0.1) is 0 Å². The predicted octanol–water partition coefficient (Wildman–Crippen LogP) is 2.69. The SMILES string of the molecule is COc1cccc(C2/C(=C(/O)c3ccccc3)C(=O)C(=O)N2CCN(C)C)c1OC. The number of hydrogen-bond acceptors (Lipinski definition) is 6. The number of rotatable bonds is 7. The lowest BCUT2D eigenvalue weighted by Crippen LogP contribution is -2.35. The van der Waals surface area contributed by atoms with E-state index in [2.05, 4.69) is 0 Å². The van der Waals surface area contributed by atoms with Gasteiger partial charge in [-0.1, -0.05) is 42.5 Å². The summed E-state index contributed by atoms with van der Waals surface area (Å²) in [4.78, 5) is 29.4. The average Bonchev–Trinajstić information content (AvgIpc) is 3.01. The summed E-state index contributed by atoms with van der Waals surface area (Å²) in [6.45, 7) is 0.870. The van der Waals surface area contributed by atoms with E-state index in [-0.39, 0.29) is 11.3 Å². The minimum atomic E-state index is -0.796. The largest absolute Gasteiger partial charge is 0.507 e. The topological polar surface area (TPSA) is 79.3 Å². The molecule has 1 aliphatic heterocycles. The molecule has 1 saturated heterocycles. The van der Waals surface area contributed by atoms with Crippen molar-refractivity contribution in [2.45, 2.75) is 6.04 Å². The van der Waals surface area contributed by atoms with Gasteiger partial charge in [0.1, 0.15) is 5.76 Å². The lowest BCUT2D eigenvalue weighted by atomic mass is 9.94. The molecular formula is C23H26N2O5. The first-order valence-electron chi connectivity index (χ1n) is 9.60. The predicted molar refractivity (Wildman–Crippen MR) is 114 cm³/mol. The molecule has 0 radical (unpaired) electrons. The Hall–Kier alpha value is -3.32. The quantitative estimate of drug-likeness (QED) is 0.430. The molecule has 1 fully saturated rings. The fraction of sp³-hybridized carbons (Fsp3) is 0.304. The zero-order valence-corrected chi connectivity index (χ0v) is 17.6. The molecule has 1 aliphatic rings. The highest BCUT2D eigenvalue weighted by Gasteiger charge is 2.47. The van der Waals surface area contributed by atoms with Crippen LogP contribution in [0, 0.1) is 0 Å². The molecule has 0 bridgehead atoms. The summed E-state index contributed by atoms with van der Waals surface area (Å²) in [7, 11) is 6.81. The number of amides is 1. The minimum Gasteiger partial charge on any atom is -0.507 e. The summed E-state index contributed by atoms with van der Waals surface area (Å²) in [5.74, 6) is -0.681. The van der Waals surface area contributed by atoms with Crippen LogP contribution >= 0.6 is 0 Å². The summed E-state index contributed by atoms with van der Waals surface area (Å²) in [6, 6.07) is 13.2. The van der Waals surface area contributed by atoms with Gasteiger partial charge in [0.2, 0.25) is 0 Å². The van der Waals surface area contributed by atoms with Gasteiger partial charge in [-0.25, -0.2) is 0 Å². The van der Waals surface area contributed by atoms with Crippen LogP contribution in [0.4, 0.5) is 0 Å². The molecule has 158 valence electrons. The fourth-order valence-electron chi connectivity index (χ4n) is 3.62. The van der Waals surface area contributed by atoms with Gasteiger partial charge in [0.15, 0.2) is 11.5 Å². The molecule has 1 N–H and O–H groups in total. The first kappa shape index (κ1) is 21.4. The van der Waals surface area contributed by atoms with Crippen molar-refractivity contribution in [1.29, 1.82) is 0 Å². The van der Waals surface area contributed by atoms with Gasteiger partial charge in [0.25, 0.3) is 11.7 Å². The molecule has 1 amide bonds. The summed E-state index contributed by atoms with van der Waals surface area (Å²) in [6.07, 6.45) is 0. The first-order chi connectivity index (χ1) is 14.4. The van der Waals surface area contributed by atoms with Crippen LogP contribution in [-0.2, 0) is 9.59 Å². The standard InChI is InChI=1S/C23H26N2O5/c1-24(2)13-14-25-19(16-11-8-12-17(29-3)22(16)30-4)18(21(27)23(25)28)20(26)15-9-6-5-7-10-15/h5-12,19,26H,13-14H2,1-4H3/b20-18-. The maximum Gasteiger partial charge on any atom is 0.295 e. The van der Waals surface area contributed by atoms with E-state index in [0.717, 1.165) is 0 Å². The van der Waals surface area contributed by atoms with Crippen molar-refractivity contribution in [3.63, 3.8) is 0 Å². The number of benzene rings is 2. The van der Waals surface area contributed by atoms with E-state index in [4.69, 9.17) is 9.47 Å². The van der Waals surface area contributed by atoms with Crippen molar-refractivity contribution >= 4 is 17.4 Å². The Morgan fingerprint density at radius 2 is 1.73 bits per heavy atom. The van der Waals surface area contributed by atoms with Gasteiger partial charge < -0.3 is 24.4 Å². The Labute approximate surface area is 176 Å². The molecule has 1 unspecified atom stereocenters. The van der Waals surface area contributed by atoms with Crippen LogP contribution < -0.4 is 9.47 Å². The van der Waals surface area contributed by atoms with Crippen molar-refractivity contribution in [1.82, 2.24) is 9.80 Å². The number of ether oxygens (including phenoxy) is 2. The molecule has 30 heavy (non-hydrogen) atoms. The zero-order valence-electron chi connectivity index (χ0n) is 17.6. The molecular weight excluding hydrogens is 384 g/mol. The van der Waals surface area contributed by atoms with Crippen molar-refractivity contribution in [3.8, 4) is 11.5 Å². The lowest BCUT2D eigenvalue weighted by molar-refractivity contribution is -0.140. The van der Waals surface area contributed by atoms with E-state index >= 15 is 0 Å². The second-order valence-corrected chi connectivity index (χ2v) is 7.24. The molecule has 0 aromatic heterocycles. The van der Waals surface area contributed by atoms with Crippen LogP contribution in [0.3, 0.4) is 0 Å². The first-order valence-corrected chi connectivity index (χ1v) is 9.60. The molecule has 0 saturated carbocycles. The molecule has 0 aliphatic carbocycles. The Morgan fingerprint density at radius 3 is 2.33 bits per heavy atom. The van der Waals surface area contributed by atoms with Crippen LogP contribution in [0.25, 0.3) is 5.76 Å². The van der Waals surface area contributed by atoms with E-state index in [1.165, 1.54) is 19.1 Å². The van der Waals surface area contributed by atoms with Crippen molar-refractivity contribution < 1.29 is 24.2 Å². The second-order valence-electron chi connectivity index (χ2n) is 7.24. The molecule has 7 heteroatoms. The van der Waals surface area contributed by atoms with Gasteiger partial charge in [0.05, 0.1) is 25.8 Å². The molecule has 2 aromatic carbocycles. The number of aliphatic hydroxyl groups excluding tert-OH is 1. The summed E-state index contributed by atoms with van der Waals surface area (Å²) < 4.78 is 11.0. The third-order valence-electron chi connectivity index (χ3n) is 5.10. The number of para-hydroxylation sites is 1. The number of carbonyl (C=O) groups excluding carboxylic acids is 2. The highest BCUT2D eigenvalue weighted by Crippen LogP contribution is 2.45. The van der Waals surface area contributed by atoms with Crippen molar-refractivity contribution in [2.24, 2.45) is 0 Å². The molecule has 1 heterocycles. The van der Waals surface area contributed by atoms with E-state index in [1.807, 2.05) is 25.1 Å². The number of aliphatic hydroxyl groups is 1. The third kappa shape index (κ3) is 3.89. The number of methoxy groups -OCH3 is 2. The smallest absolute Gasteiger partial charge is 0.295 e. The van der Waals surface area contributed by atoms with Gasteiger partial charge in [-0.2, -0.15) is 0 Å². The Kier molecular flexibility index (Phi) is 6.42. The van der Waals surface area contributed by atoms with E-state index in [0.29, 0.717) is 35.7 Å². The fourth-order valence-corrected chi connectivity index (χ4v) is 3.62. The summed E-state index contributed by atoms with van der Waals surface area (Å²) >= 11 is 0. The number of Topliss-reactive ketones (excluding diaryl/α,β-unsaturated/α-hetero) is 1. The van der Waals surface area contributed by atoms with Crippen LogP contribution in [0.5, 0.6) is 11.5 Å². The van der Waals surface area contributed by atoms with Crippen LogP contribution in [0.2, 0.25) is 0 Å². The van der Waals surface area contributed by atoms with Gasteiger partial charge in [-0.3, -0.25) is 9.59 Å². The molecule has 7 nitrogen and oxygen atoms in total. The summed E-state index contributed by atoms with van der Waals surface area (Å²) in [5, 5.41) is 11.0. The van der Waals surface area contributed by atoms with E-state index in [1.54, 1.807) is 42.5 Å². The highest BCUT2D eigenvalue weighted by atomic mass is 16.5. The molecule has 2 aromatic rings. The van der Waals surface area contributed by atoms with Crippen molar-refractivity contribution in [2.75, 3.05) is 41.4 Å². The number of hydrogen-bond donors (Lipinski definition) is 1. The normalized spacial score (nSPS) is 18.2. The molecule has 1 atom stereocenters. The van der Waals surface area contributed by atoms with Gasteiger partial charge in [-0.05, 0) is 20.2 Å². The maximum atomic E-state index is 13.0. The zero-order chi connectivity index (χ0) is 21.8. The van der Waals surface area contributed by atoms with E-state index < -0.39 is 17.7 Å². The lowest BCUT2D eigenvalue weighted by Gasteiger charge is -2.28. The highest BCUT2D eigenvalue weighted by molar-refractivity contribution is 6.46. The minimum absolute atomic E-state index is 0.0384. The van der Waals surface area contributed by atoms with Gasteiger partial charge in [0, 0.05) is 24.2 Å². The average molecular weight is 410 g/mol.